The molecule has 0 amide bonds. The van der Waals surface area contributed by atoms with Gasteiger partial charge in [0.1, 0.15) is 5.75 Å². The first-order valence-corrected chi connectivity index (χ1v) is 7.75. The van der Waals surface area contributed by atoms with Gasteiger partial charge in [-0.3, -0.25) is 0 Å². The smallest absolute Gasteiger partial charge is 0.120 e. The third-order valence-corrected chi connectivity index (χ3v) is 5.60. The fourth-order valence-corrected chi connectivity index (χ4v) is 4.24. The second kappa shape index (κ2) is 5.74. The minimum Gasteiger partial charge on any atom is -0.497 e. The number of benzene rings is 1. The lowest BCUT2D eigenvalue weighted by Gasteiger charge is -2.11. The SMILES string of the molecule is COc1ccc(C(Br)c2ccc(Cl)s2)c(Br)c1. The maximum Gasteiger partial charge on any atom is 0.120 e. The van der Waals surface area contributed by atoms with E-state index in [0.717, 1.165) is 20.1 Å². The molecule has 1 heterocycles. The molecule has 90 valence electrons. The van der Waals surface area contributed by atoms with Crippen molar-refractivity contribution in [2.24, 2.45) is 0 Å². The molecule has 1 nitrogen and oxygen atoms in total. The summed E-state index contributed by atoms with van der Waals surface area (Å²) in [7, 11) is 1.66. The van der Waals surface area contributed by atoms with Crippen LogP contribution in [0.5, 0.6) is 5.75 Å². The number of rotatable bonds is 3. The zero-order valence-corrected chi connectivity index (χ0v) is 13.7. The van der Waals surface area contributed by atoms with E-state index in [2.05, 4.69) is 31.9 Å². The highest BCUT2D eigenvalue weighted by Crippen LogP contribution is 2.40. The zero-order chi connectivity index (χ0) is 12.4. The number of hydrogen-bond acceptors (Lipinski definition) is 2. The van der Waals surface area contributed by atoms with Crippen LogP contribution in [0.1, 0.15) is 15.3 Å². The van der Waals surface area contributed by atoms with Gasteiger partial charge in [0, 0.05) is 9.35 Å². The van der Waals surface area contributed by atoms with Crippen LogP contribution in [0.2, 0.25) is 4.34 Å². The van der Waals surface area contributed by atoms with E-state index in [-0.39, 0.29) is 4.83 Å². The Bertz CT molecular complexity index is 527. The Balaban J connectivity index is 2.34. The van der Waals surface area contributed by atoms with Crippen molar-refractivity contribution in [1.82, 2.24) is 0 Å². The third kappa shape index (κ3) is 3.05. The van der Waals surface area contributed by atoms with Gasteiger partial charge in [-0.1, -0.05) is 49.5 Å². The molecule has 0 spiro atoms. The van der Waals surface area contributed by atoms with Crippen molar-refractivity contribution in [2.75, 3.05) is 7.11 Å². The summed E-state index contributed by atoms with van der Waals surface area (Å²) in [5.74, 6) is 0.838. The Morgan fingerprint density at radius 2 is 2.06 bits per heavy atom. The quantitative estimate of drug-likeness (QED) is 0.609. The van der Waals surface area contributed by atoms with Crippen molar-refractivity contribution in [1.29, 1.82) is 0 Å². The first kappa shape index (κ1) is 13.4. The molecule has 0 aliphatic carbocycles. The topological polar surface area (TPSA) is 9.23 Å². The van der Waals surface area contributed by atoms with Crippen LogP contribution < -0.4 is 4.74 Å². The highest BCUT2D eigenvalue weighted by atomic mass is 79.9. The Morgan fingerprint density at radius 1 is 1.29 bits per heavy atom. The van der Waals surface area contributed by atoms with Crippen LogP contribution in [0.3, 0.4) is 0 Å². The molecule has 0 saturated carbocycles. The van der Waals surface area contributed by atoms with Crippen molar-refractivity contribution in [2.45, 2.75) is 4.83 Å². The zero-order valence-electron chi connectivity index (χ0n) is 8.91. The summed E-state index contributed by atoms with van der Waals surface area (Å²) >= 11 is 14.8. The Morgan fingerprint density at radius 3 is 2.59 bits per heavy atom. The predicted molar refractivity (Wildman–Crippen MR) is 80.8 cm³/mol. The van der Waals surface area contributed by atoms with Crippen LogP contribution in [-0.4, -0.2) is 7.11 Å². The van der Waals surface area contributed by atoms with Crippen LogP contribution in [-0.2, 0) is 0 Å². The van der Waals surface area contributed by atoms with E-state index in [1.54, 1.807) is 18.4 Å². The molecular weight excluding hydrogens is 387 g/mol. The van der Waals surface area contributed by atoms with Crippen LogP contribution in [0.4, 0.5) is 0 Å². The van der Waals surface area contributed by atoms with Gasteiger partial charge < -0.3 is 4.74 Å². The predicted octanol–water partition coefficient (Wildman–Crippen LogP) is 5.66. The molecule has 2 aromatic rings. The molecule has 1 atom stereocenters. The van der Waals surface area contributed by atoms with Crippen molar-refractivity contribution >= 4 is 54.8 Å². The van der Waals surface area contributed by atoms with Crippen LogP contribution in [0.15, 0.2) is 34.8 Å². The standard InChI is InChI=1S/C12H9Br2ClOS/c1-16-7-2-3-8(9(13)6-7)12(14)10-4-5-11(15)17-10/h2-6,12H,1H3. The van der Waals surface area contributed by atoms with Crippen molar-refractivity contribution in [3.8, 4) is 5.75 Å². The summed E-state index contributed by atoms with van der Waals surface area (Å²) in [6.07, 6.45) is 0. The molecule has 0 radical (unpaired) electrons. The van der Waals surface area contributed by atoms with Crippen molar-refractivity contribution < 1.29 is 4.74 Å². The average Bonchev–Trinajstić information content (AvgIpc) is 2.75. The molecule has 0 aliphatic heterocycles. The highest BCUT2D eigenvalue weighted by molar-refractivity contribution is 9.11. The fourth-order valence-electron chi connectivity index (χ4n) is 1.46. The van der Waals surface area contributed by atoms with Gasteiger partial charge in [0.25, 0.3) is 0 Å². The first-order chi connectivity index (χ1) is 8.11. The molecule has 1 aromatic carbocycles. The number of hydrogen-bond donors (Lipinski definition) is 0. The van der Waals surface area contributed by atoms with E-state index >= 15 is 0 Å². The van der Waals surface area contributed by atoms with Gasteiger partial charge in [0.05, 0.1) is 16.3 Å². The van der Waals surface area contributed by atoms with E-state index in [1.807, 2.05) is 30.3 Å². The Hall–Kier alpha value is -0.0300. The van der Waals surface area contributed by atoms with Gasteiger partial charge in [-0.05, 0) is 29.8 Å². The Kier molecular flexibility index (Phi) is 4.53. The molecule has 1 aromatic heterocycles. The van der Waals surface area contributed by atoms with Crippen LogP contribution in [0.25, 0.3) is 0 Å². The number of thiophene rings is 1. The largest absolute Gasteiger partial charge is 0.497 e. The summed E-state index contributed by atoms with van der Waals surface area (Å²) in [4.78, 5) is 1.32. The van der Waals surface area contributed by atoms with Crippen molar-refractivity contribution in [3.63, 3.8) is 0 Å². The summed E-state index contributed by atoms with van der Waals surface area (Å²) < 4.78 is 6.99. The molecule has 0 N–H and O–H groups in total. The van der Waals surface area contributed by atoms with E-state index in [4.69, 9.17) is 16.3 Å². The lowest BCUT2D eigenvalue weighted by Crippen LogP contribution is -1.92. The number of halogens is 3. The van der Waals surface area contributed by atoms with Gasteiger partial charge in [-0.25, -0.2) is 0 Å². The molecule has 2 rings (SSSR count). The van der Waals surface area contributed by atoms with Gasteiger partial charge in [0.15, 0.2) is 0 Å². The van der Waals surface area contributed by atoms with Gasteiger partial charge in [0.2, 0.25) is 0 Å². The lowest BCUT2D eigenvalue weighted by atomic mass is 10.1. The van der Waals surface area contributed by atoms with E-state index < -0.39 is 0 Å². The maximum atomic E-state index is 5.95. The maximum absolute atomic E-state index is 5.95. The lowest BCUT2D eigenvalue weighted by molar-refractivity contribution is 0.414. The molecule has 1 unspecified atom stereocenters. The van der Waals surface area contributed by atoms with Crippen LogP contribution in [0, 0.1) is 0 Å². The highest BCUT2D eigenvalue weighted by Gasteiger charge is 2.15. The van der Waals surface area contributed by atoms with E-state index in [1.165, 1.54) is 4.88 Å². The molecule has 0 saturated heterocycles. The summed E-state index contributed by atoms with van der Waals surface area (Å²) in [6.45, 7) is 0. The van der Waals surface area contributed by atoms with Gasteiger partial charge in [-0.2, -0.15) is 0 Å². The average molecular weight is 397 g/mol. The minimum atomic E-state index is 0.139. The molecule has 17 heavy (non-hydrogen) atoms. The first-order valence-electron chi connectivity index (χ1n) is 4.84. The second-order valence-corrected chi connectivity index (χ2v) is 6.91. The monoisotopic (exact) mass is 394 g/mol. The number of methoxy groups -OCH3 is 1. The minimum absolute atomic E-state index is 0.139. The molecule has 5 heteroatoms. The van der Waals surface area contributed by atoms with Crippen LogP contribution >= 0.6 is 54.8 Å². The van der Waals surface area contributed by atoms with Gasteiger partial charge in [-0.15, -0.1) is 11.3 Å². The molecule has 0 bridgehead atoms. The fraction of sp³-hybridized carbons (Fsp3) is 0.167. The molecule has 0 aliphatic rings. The third-order valence-electron chi connectivity index (χ3n) is 2.32. The summed E-state index contributed by atoms with van der Waals surface area (Å²) in [6, 6.07) is 9.88. The summed E-state index contributed by atoms with van der Waals surface area (Å²) in [5.41, 5.74) is 1.16. The number of alkyl halides is 1. The van der Waals surface area contributed by atoms with E-state index in [9.17, 15) is 0 Å². The van der Waals surface area contributed by atoms with Crippen molar-refractivity contribution in [3.05, 3.63) is 49.6 Å². The second-order valence-electron chi connectivity index (χ2n) is 3.39. The normalized spacial score (nSPS) is 12.5. The summed E-state index contributed by atoms with van der Waals surface area (Å²) in [5, 5.41) is 0. The molecule has 0 fully saturated rings. The Labute approximate surface area is 126 Å². The number of ether oxygens (including phenoxy) is 1. The van der Waals surface area contributed by atoms with E-state index in [0.29, 0.717) is 0 Å². The van der Waals surface area contributed by atoms with Gasteiger partial charge >= 0.3 is 0 Å². The molecular formula is C12H9Br2ClOS.